The summed E-state index contributed by atoms with van der Waals surface area (Å²) < 4.78 is 20.7. The normalized spacial score (nSPS) is 10.0. The Morgan fingerprint density at radius 1 is 1.04 bits per heavy atom. The molecule has 0 aliphatic rings. The highest BCUT2D eigenvalue weighted by molar-refractivity contribution is 7.14. The molecule has 0 spiro atoms. The summed E-state index contributed by atoms with van der Waals surface area (Å²) >= 11 is 1.37. The lowest BCUT2D eigenvalue weighted by Gasteiger charge is -2.10. The maximum atomic E-state index is 11.8. The number of hydrogen-bond donors (Lipinski definition) is 1. The van der Waals surface area contributed by atoms with Gasteiger partial charge in [0.1, 0.15) is 5.00 Å². The third kappa shape index (κ3) is 4.53. The van der Waals surface area contributed by atoms with Gasteiger partial charge in [-0.25, -0.2) is 4.79 Å². The minimum Gasteiger partial charge on any atom is -0.494 e. The van der Waals surface area contributed by atoms with Crippen molar-refractivity contribution in [1.82, 2.24) is 0 Å². The van der Waals surface area contributed by atoms with Gasteiger partial charge in [-0.15, -0.1) is 11.3 Å². The Kier molecular flexibility index (Phi) is 6.10. The first-order valence-corrected chi connectivity index (χ1v) is 7.82. The minimum atomic E-state index is -0.508. The molecule has 1 N–H and O–H groups in total. The number of anilines is 1. The van der Waals surface area contributed by atoms with Crippen LogP contribution in [-0.4, -0.2) is 34.0 Å². The lowest BCUT2D eigenvalue weighted by atomic mass is 10.1. The van der Waals surface area contributed by atoms with E-state index < -0.39 is 6.09 Å². The fourth-order valence-corrected chi connectivity index (χ4v) is 2.71. The summed E-state index contributed by atoms with van der Waals surface area (Å²) in [6.07, 6.45) is 0.0706. The van der Waals surface area contributed by atoms with Crippen molar-refractivity contribution in [2.45, 2.75) is 6.42 Å². The van der Waals surface area contributed by atoms with Crippen LogP contribution in [-0.2, 0) is 11.2 Å². The molecule has 1 amide bonds. The summed E-state index contributed by atoms with van der Waals surface area (Å²) in [4.78, 5) is 11.8. The zero-order chi connectivity index (χ0) is 16.7. The number of carbonyl (C=O) groups is 1. The van der Waals surface area contributed by atoms with E-state index in [4.69, 9.17) is 18.9 Å². The molecule has 0 saturated heterocycles. The van der Waals surface area contributed by atoms with E-state index in [2.05, 4.69) is 5.32 Å². The SMILES string of the molecule is COc1ccc(CCOC(=O)Nc2sccc2OC)cc1OC. The highest BCUT2D eigenvalue weighted by Gasteiger charge is 2.10. The fraction of sp³-hybridized carbons (Fsp3) is 0.312. The second-order valence-corrected chi connectivity index (χ2v) is 5.43. The van der Waals surface area contributed by atoms with Crippen LogP contribution < -0.4 is 19.5 Å². The Hall–Kier alpha value is -2.41. The predicted molar refractivity (Wildman–Crippen MR) is 89.1 cm³/mol. The van der Waals surface area contributed by atoms with Crippen LogP contribution in [0.3, 0.4) is 0 Å². The van der Waals surface area contributed by atoms with Crippen molar-refractivity contribution in [3.8, 4) is 17.2 Å². The van der Waals surface area contributed by atoms with Gasteiger partial charge in [0.2, 0.25) is 0 Å². The standard InChI is InChI=1S/C16H19NO5S/c1-19-12-5-4-11(10-14(12)21-3)6-8-22-16(18)17-15-13(20-2)7-9-23-15/h4-5,7,9-10H,6,8H2,1-3H3,(H,17,18). The molecule has 0 unspecified atom stereocenters. The first-order valence-electron chi connectivity index (χ1n) is 6.94. The second kappa shape index (κ2) is 8.28. The number of benzene rings is 1. The molecule has 0 saturated carbocycles. The molecule has 2 rings (SSSR count). The molecule has 1 aromatic heterocycles. The van der Waals surface area contributed by atoms with Crippen LogP contribution in [0.4, 0.5) is 9.80 Å². The minimum absolute atomic E-state index is 0.259. The van der Waals surface area contributed by atoms with Gasteiger partial charge in [-0.3, -0.25) is 5.32 Å². The average Bonchev–Trinajstić information content (AvgIpc) is 3.01. The third-order valence-corrected chi connectivity index (χ3v) is 3.95. The van der Waals surface area contributed by atoms with Gasteiger partial charge in [-0.2, -0.15) is 0 Å². The van der Waals surface area contributed by atoms with Crippen molar-refractivity contribution in [3.63, 3.8) is 0 Å². The monoisotopic (exact) mass is 337 g/mol. The molecular weight excluding hydrogens is 318 g/mol. The van der Waals surface area contributed by atoms with Crippen molar-refractivity contribution in [1.29, 1.82) is 0 Å². The number of carbonyl (C=O) groups excluding carboxylic acids is 1. The summed E-state index contributed by atoms with van der Waals surface area (Å²) in [6.45, 7) is 0.259. The first-order chi connectivity index (χ1) is 11.2. The van der Waals surface area contributed by atoms with Crippen LogP contribution in [0.2, 0.25) is 0 Å². The maximum Gasteiger partial charge on any atom is 0.412 e. The molecule has 23 heavy (non-hydrogen) atoms. The number of methoxy groups -OCH3 is 3. The summed E-state index contributed by atoms with van der Waals surface area (Å²) in [5, 5.41) is 5.12. The molecule has 2 aromatic rings. The van der Waals surface area contributed by atoms with E-state index in [1.165, 1.54) is 11.3 Å². The van der Waals surface area contributed by atoms with Crippen molar-refractivity contribution in [3.05, 3.63) is 35.2 Å². The quantitative estimate of drug-likeness (QED) is 0.837. The molecule has 0 bridgehead atoms. The maximum absolute atomic E-state index is 11.8. The lowest BCUT2D eigenvalue weighted by Crippen LogP contribution is -2.15. The number of hydrogen-bond acceptors (Lipinski definition) is 6. The zero-order valence-electron chi connectivity index (χ0n) is 13.3. The molecule has 1 heterocycles. The number of amides is 1. The predicted octanol–water partition coefficient (Wildman–Crippen LogP) is 3.57. The van der Waals surface area contributed by atoms with Crippen LogP contribution in [0.1, 0.15) is 5.56 Å². The highest BCUT2D eigenvalue weighted by atomic mass is 32.1. The topological polar surface area (TPSA) is 66.0 Å². The summed E-state index contributed by atoms with van der Waals surface area (Å²) in [7, 11) is 4.72. The highest BCUT2D eigenvalue weighted by Crippen LogP contribution is 2.30. The van der Waals surface area contributed by atoms with Crippen LogP contribution in [0.25, 0.3) is 0 Å². The molecule has 0 atom stereocenters. The van der Waals surface area contributed by atoms with Crippen molar-refractivity contribution >= 4 is 22.4 Å². The molecule has 7 heteroatoms. The summed E-state index contributed by atoms with van der Waals surface area (Å²) in [6, 6.07) is 7.38. The molecule has 0 radical (unpaired) electrons. The Balaban J connectivity index is 1.84. The van der Waals surface area contributed by atoms with E-state index in [1.54, 1.807) is 27.4 Å². The van der Waals surface area contributed by atoms with Crippen molar-refractivity contribution in [2.75, 3.05) is 33.3 Å². The Morgan fingerprint density at radius 3 is 2.48 bits per heavy atom. The second-order valence-electron chi connectivity index (χ2n) is 4.52. The van der Waals surface area contributed by atoms with Gasteiger partial charge in [0.15, 0.2) is 17.2 Å². The van der Waals surface area contributed by atoms with Crippen LogP contribution in [0.15, 0.2) is 29.6 Å². The Labute approximate surface area is 138 Å². The molecule has 0 aliphatic heterocycles. The van der Waals surface area contributed by atoms with Crippen molar-refractivity contribution in [2.24, 2.45) is 0 Å². The molecule has 6 nitrogen and oxygen atoms in total. The van der Waals surface area contributed by atoms with E-state index in [-0.39, 0.29) is 6.61 Å². The molecule has 0 fully saturated rings. The van der Waals surface area contributed by atoms with Crippen LogP contribution >= 0.6 is 11.3 Å². The first kappa shape index (κ1) is 17.0. The molecule has 1 aromatic carbocycles. The lowest BCUT2D eigenvalue weighted by molar-refractivity contribution is 0.163. The molecule has 124 valence electrons. The summed E-state index contributed by atoms with van der Waals surface area (Å²) in [5.74, 6) is 1.93. The van der Waals surface area contributed by atoms with E-state index in [1.807, 2.05) is 23.6 Å². The van der Waals surface area contributed by atoms with Crippen LogP contribution in [0, 0.1) is 0 Å². The van der Waals surface area contributed by atoms with E-state index >= 15 is 0 Å². The van der Waals surface area contributed by atoms with Gasteiger partial charge in [0.05, 0.1) is 27.9 Å². The van der Waals surface area contributed by atoms with Gasteiger partial charge in [0, 0.05) is 6.42 Å². The van der Waals surface area contributed by atoms with Gasteiger partial charge < -0.3 is 18.9 Å². The molecule has 0 aliphatic carbocycles. The van der Waals surface area contributed by atoms with Crippen LogP contribution in [0.5, 0.6) is 17.2 Å². The third-order valence-electron chi connectivity index (χ3n) is 3.14. The zero-order valence-corrected chi connectivity index (χ0v) is 14.1. The van der Waals surface area contributed by atoms with Gasteiger partial charge in [-0.05, 0) is 29.1 Å². The number of rotatable bonds is 7. The number of nitrogens with one attached hydrogen (secondary N) is 1. The van der Waals surface area contributed by atoms with Gasteiger partial charge >= 0.3 is 6.09 Å². The summed E-state index contributed by atoms with van der Waals surface area (Å²) in [5.41, 5.74) is 0.990. The average molecular weight is 337 g/mol. The Bertz CT molecular complexity index is 656. The van der Waals surface area contributed by atoms with E-state index in [0.717, 1.165) is 5.56 Å². The molecular formula is C16H19NO5S. The Morgan fingerprint density at radius 2 is 1.78 bits per heavy atom. The van der Waals surface area contributed by atoms with E-state index in [9.17, 15) is 4.79 Å². The van der Waals surface area contributed by atoms with Gasteiger partial charge in [0.25, 0.3) is 0 Å². The van der Waals surface area contributed by atoms with Gasteiger partial charge in [-0.1, -0.05) is 6.07 Å². The van der Waals surface area contributed by atoms with Crippen molar-refractivity contribution < 1.29 is 23.7 Å². The smallest absolute Gasteiger partial charge is 0.412 e. The number of ether oxygens (including phenoxy) is 4. The van der Waals surface area contributed by atoms with E-state index in [0.29, 0.717) is 28.7 Å². The largest absolute Gasteiger partial charge is 0.494 e. The fourth-order valence-electron chi connectivity index (χ4n) is 1.98. The number of thiophene rings is 1.